The van der Waals surface area contributed by atoms with Crippen molar-refractivity contribution in [2.24, 2.45) is 5.92 Å². The number of nitrogens with one attached hydrogen (secondary N) is 1. The van der Waals surface area contributed by atoms with Gasteiger partial charge in [-0.15, -0.1) is 5.10 Å². The van der Waals surface area contributed by atoms with Crippen molar-refractivity contribution < 1.29 is 0 Å². The molecule has 0 amide bonds. The standard InChI is InChI=1S/C15H22BrN5/c1-2-9-20(11-12-5-7-17-8-6-12)15-18-14-13(16)4-3-10-21(14)19-15/h3-4,10,12,17H,2,5-9,11H2,1H3. The molecule has 114 valence electrons. The molecule has 0 radical (unpaired) electrons. The highest BCUT2D eigenvalue weighted by atomic mass is 79.9. The molecule has 0 unspecified atom stereocenters. The van der Waals surface area contributed by atoms with Gasteiger partial charge in [-0.05, 0) is 66.3 Å². The van der Waals surface area contributed by atoms with Crippen LogP contribution in [0.25, 0.3) is 5.65 Å². The highest BCUT2D eigenvalue weighted by molar-refractivity contribution is 9.10. The molecule has 1 aliphatic rings. The van der Waals surface area contributed by atoms with Crippen LogP contribution >= 0.6 is 15.9 Å². The lowest BCUT2D eigenvalue weighted by atomic mass is 9.97. The lowest BCUT2D eigenvalue weighted by molar-refractivity contribution is 0.372. The Hall–Kier alpha value is -1.14. The summed E-state index contributed by atoms with van der Waals surface area (Å²) in [6.45, 7) is 6.55. The fraction of sp³-hybridized carbons (Fsp3) is 0.600. The highest BCUT2D eigenvalue weighted by Crippen LogP contribution is 2.21. The van der Waals surface area contributed by atoms with Crippen LogP contribution in [-0.4, -0.2) is 40.8 Å². The molecule has 21 heavy (non-hydrogen) atoms. The van der Waals surface area contributed by atoms with E-state index in [0.29, 0.717) is 0 Å². The lowest BCUT2D eigenvalue weighted by Crippen LogP contribution is -2.37. The van der Waals surface area contributed by atoms with Crippen LogP contribution in [0.5, 0.6) is 0 Å². The van der Waals surface area contributed by atoms with Crippen LogP contribution in [-0.2, 0) is 0 Å². The summed E-state index contributed by atoms with van der Waals surface area (Å²) in [5.41, 5.74) is 0.888. The average Bonchev–Trinajstić information content (AvgIpc) is 2.93. The normalized spacial score (nSPS) is 16.5. The minimum Gasteiger partial charge on any atom is -0.339 e. The average molecular weight is 352 g/mol. The van der Waals surface area contributed by atoms with E-state index in [1.807, 2.05) is 22.8 Å². The molecule has 0 aromatic carbocycles. The topological polar surface area (TPSA) is 45.5 Å². The Bertz CT molecular complexity index is 591. The van der Waals surface area contributed by atoms with E-state index in [0.717, 1.165) is 54.6 Å². The second-order valence-corrected chi connectivity index (χ2v) is 6.53. The van der Waals surface area contributed by atoms with Gasteiger partial charge in [0.15, 0.2) is 5.65 Å². The number of nitrogens with zero attached hydrogens (tertiary/aromatic N) is 4. The molecule has 1 aliphatic heterocycles. The maximum atomic E-state index is 4.71. The van der Waals surface area contributed by atoms with Gasteiger partial charge < -0.3 is 10.2 Å². The van der Waals surface area contributed by atoms with Gasteiger partial charge in [0, 0.05) is 19.3 Å². The van der Waals surface area contributed by atoms with Crippen LogP contribution in [0, 0.1) is 5.92 Å². The Kier molecular flexibility index (Phi) is 4.75. The summed E-state index contributed by atoms with van der Waals surface area (Å²) in [7, 11) is 0. The van der Waals surface area contributed by atoms with E-state index in [9.17, 15) is 0 Å². The minimum atomic E-state index is 0.743. The fourth-order valence-electron chi connectivity index (χ4n) is 2.92. The van der Waals surface area contributed by atoms with Crippen molar-refractivity contribution in [1.82, 2.24) is 19.9 Å². The van der Waals surface area contributed by atoms with Crippen LogP contribution in [0.3, 0.4) is 0 Å². The molecule has 0 saturated carbocycles. The van der Waals surface area contributed by atoms with Gasteiger partial charge in [0.05, 0.1) is 4.47 Å². The number of fused-ring (bicyclic) bond motifs is 1. The van der Waals surface area contributed by atoms with Crippen LogP contribution in [0.2, 0.25) is 0 Å². The second-order valence-electron chi connectivity index (χ2n) is 5.68. The third-order valence-electron chi connectivity index (χ3n) is 4.02. The van der Waals surface area contributed by atoms with E-state index in [-0.39, 0.29) is 0 Å². The zero-order valence-corrected chi connectivity index (χ0v) is 14.0. The summed E-state index contributed by atoms with van der Waals surface area (Å²) in [5.74, 6) is 1.59. The number of piperidine rings is 1. The highest BCUT2D eigenvalue weighted by Gasteiger charge is 2.20. The molecule has 0 spiro atoms. The quantitative estimate of drug-likeness (QED) is 0.899. The van der Waals surface area contributed by atoms with E-state index < -0.39 is 0 Å². The van der Waals surface area contributed by atoms with Crippen molar-refractivity contribution in [2.75, 3.05) is 31.1 Å². The van der Waals surface area contributed by atoms with Crippen molar-refractivity contribution in [3.63, 3.8) is 0 Å². The summed E-state index contributed by atoms with van der Waals surface area (Å²) in [6, 6.07) is 3.98. The lowest BCUT2D eigenvalue weighted by Gasteiger charge is -2.29. The van der Waals surface area contributed by atoms with Gasteiger partial charge >= 0.3 is 0 Å². The predicted molar refractivity (Wildman–Crippen MR) is 88.8 cm³/mol. The Balaban J connectivity index is 1.82. The maximum Gasteiger partial charge on any atom is 0.245 e. The Morgan fingerprint density at radius 1 is 1.43 bits per heavy atom. The molecule has 1 saturated heterocycles. The zero-order valence-electron chi connectivity index (χ0n) is 12.4. The molecular formula is C15H22BrN5. The van der Waals surface area contributed by atoms with E-state index in [1.165, 1.54) is 12.8 Å². The third kappa shape index (κ3) is 3.37. The van der Waals surface area contributed by atoms with E-state index in [4.69, 9.17) is 4.98 Å². The van der Waals surface area contributed by atoms with Crippen LogP contribution in [0.4, 0.5) is 5.95 Å². The van der Waals surface area contributed by atoms with Crippen LogP contribution in [0.15, 0.2) is 22.8 Å². The molecule has 2 aromatic heterocycles. The first-order valence-electron chi connectivity index (χ1n) is 7.74. The van der Waals surface area contributed by atoms with Crippen molar-refractivity contribution in [3.8, 4) is 0 Å². The van der Waals surface area contributed by atoms with E-state index >= 15 is 0 Å². The number of halogens is 1. The van der Waals surface area contributed by atoms with Crippen molar-refractivity contribution >= 4 is 27.5 Å². The van der Waals surface area contributed by atoms with Crippen LogP contribution < -0.4 is 10.2 Å². The molecular weight excluding hydrogens is 330 g/mol. The first kappa shape index (κ1) is 14.8. The Labute approximate surface area is 133 Å². The Morgan fingerprint density at radius 2 is 2.24 bits per heavy atom. The summed E-state index contributed by atoms with van der Waals surface area (Å²) >= 11 is 3.55. The second kappa shape index (κ2) is 6.75. The molecule has 1 fully saturated rings. The summed E-state index contributed by atoms with van der Waals surface area (Å²) < 4.78 is 2.84. The number of hydrogen-bond donors (Lipinski definition) is 1. The number of hydrogen-bond acceptors (Lipinski definition) is 4. The molecule has 6 heteroatoms. The van der Waals surface area contributed by atoms with Gasteiger partial charge in [0.1, 0.15) is 0 Å². The first-order valence-corrected chi connectivity index (χ1v) is 8.53. The third-order valence-corrected chi connectivity index (χ3v) is 4.64. The molecule has 5 nitrogen and oxygen atoms in total. The maximum absolute atomic E-state index is 4.71. The molecule has 1 N–H and O–H groups in total. The number of pyridine rings is 1. The van der Waals surface area contributed by atoms with Crippen LogP contribution in [0.1, 0.15) is 26.2 Å². The summed E-state index contributed by atoms with van der Waals surface area (Å²) in [5, 5.41) is 8.07. The molecule has 2 aromatic rings. The minimum absolute atomic E-state index is 0.743. The number of aromatic nitrogens is 3. The van der Waals surface area contributed by atoms with Gasteiger partial charge in [0.25, 0.3) is 0 Å². The zero-order chi connectivity index (χ0) is 14.7. The Morgan fingerprint density at radius 3 is 2.95 bits per heavy atom. The van der Waals surface area contributed by atoms with Crippen molar-refractivity contribution in [1.29, 1.82) is 0 Å². The SMILES string of the molecule is CCCN(CC1CCNCC1)c1nc2c(Br)cccn2n1. The molecule has 3 heterocycles. The largest absolute Gasteiger partial charge is 0.339 e. The molecule has 3 rings (SSSR count). The molecule has 0 atom stereocenters. The van der Waals surface area contributed by atoms with Crippen molar-refractivity contribution in [3.05, 3.63) is 22.8 Å². The van der Waals surface area contributed by atoms with Gasteiger partial charge in [-0.2, -0.15) is 4.98 Å². The van der Waals surface area contributed by atoms with E-state index in [1.54, 1.807) is 0 Å². The van der Waals surface area contributed by atoms with Gasteiger partial charge in [-0.25, -0.2) is 4.52 Å². The number of anilines is 1. The summed E-state index contributed by atoms with van der Waals surface area (Å²) in [4.78, 5) is 7.05. The smallest absolute Gasteiger partial charge is 0.245 e. The van der Waals surface area contributed by atoms with Gasteiger partial charge in [-0.1, -0.05) is 6.92 Å². The van der Waals surface area contributed by atoms with Crippen molar-refractivity contribution in [2.45, 2.75) is 26.2 Å². The predicted octanol–water partition coefficient (Wildman–Crippen LogP) is 2.71. The fourth-order valence-corrected chi connectivity index (χ4v) is 3.34. The van der Waals surface area contributed by atoms with Gasteiger partial charge in [-0.3, -0.25) is 0 Å². The van der Waals surface area contributed by atoms with Gasteiger partial charge in [0.2, 0.25) is 5.95 Å². The summed E-state index contributed by atoms with van der Waals surface area (Å²) in [6.07, 6.45) is 5.56. The monoisotopic (exact) mass is 351 g/mol. The number of rotatable bonds is 5. The van der Waals surface area contributed by atoms with E-state index in [2.05, 4.69) is 38.2 Å². The first-order chi connectivity index (χ1) is 10.3. The molecule has 0 bridgehead atoms. The molecule has 0 aliphatic carbocycles.